The molecular weight excluding hydrogens is 295 g/mol. The molecule has 1 radical (unpaired) electrons. The maximum absolute atomic E-state index is 2.27. The standard InChI is InChI=1S/2C8H12.Rh/c2*1-2-4-6-8-7-5-3-1;/h2*1-2,7-8H,3-6H2;/b2*2-1-,8-7-;. The normalized spacial score (nSPS) is 26.4. The summed E-state index contributed by atoms with van der Waals surface area (Å²) in [5.74, 6) is 0. The molecule has 0 N–H and O–H groups in total. The minimum atomic E-state index is 0. The maximum atomic E-state index is 2.27. The van der Waals surface area contributed by atoms with E-state index in [4.69, 9.17) is 0 Å². The van der Waals surface area contributed by atoms with Gasteiger partial charge in [0.25, 0.3) is 0 Å². The predicted molar refractivity (Wildman–Crippen MR) is 73.5 cm³/mol. The van der Waals surface area contributed by atoms with Crippen LogP contribution in [0.3, 0.4) is 0 Å². The van der Waals surface area contributed by atoms with E-state index in [1.165, 1.54) is 51.4 Å². The third-order valence-electron chi connectivity index (χ3n) is 2.67. The van der Waals surface area contributed by atoms with E-state index in [-0.39, 0.29) is 19.5 Å². The molecular formula is C16H24Rh. The summed E-state index contributed by atoms with van der Waals surface area (Å²) in [5.41, 5.74) is 0. The van der Waals surface area contributed by atoms with Gasteiger partial charge in [-0.1, -0.05) is 48.6 Å². The molecule has 0 fully saturated rings. The zero-order valence-corrected chi connectivity index (χ0v) is 12.2. The number of hydrogen-bond donors (Lipinski definition) is 0. The monoisotopic (exact) mass is 319 g/mol. The fourth-order valence-electron chi connectivity index (χ4n) is 1.71. The van der Waals surface area contributed by atoms with Crippen LogP contribution >= 0.6 is 0 Å². The van der Waals surface area contributed by atoms with E-state index in [1.807, 2.05) is 0 Å². The summed E-state index contributed by atoms with van der Waals surface area (Å²) in [6.45, 7) is 0. The van der Waals surface area contributed by atoms with Crippen LogP contribution in [0.1, 0.15) is 51.4 Å². The third kappa shape index (κ3) is 11.8. The summed E-state index contributed by atoms with van der Waals surface area (Å²) in [6, 6.07) is 0. The van der Waals surface area contributed by atoms with Crippen LogP contribution in [0.4, 0.5) is 0 Å². The van der Waals surface area contributed by atoms with Crippen LogP contribution in [0, 0.1) is 0 Å². The van der Waals surface area contributed by atoms with Crippen molar-refractivity contribution < 1.29 is 19.5 Å². The van der Waals surface area contributed by atoms with Crippen molar-refractivity contribution in [3.8, 4) is 0 Å². The fraction of sp³-hybridized carbons (Fsp3) is 0.500. The van der Waals surface area contributed by atoms with E-state index >= 15 is 0 Å². The van der Waals surface area contributed by atoms with Gasteiger partial charge in [0.05, 0.1) is 0 Å². The van der Waals surface area contributed by atoms with Crippen molar-refractivity contribution in [3.63, 3.8) is 0 Å². The SMILES string of the molecule is C1=C\CC/C=C\CC/1.C1=C\CC/C=C\CC/1.[Rh]. The number of hydrogen-bond acceptors (Lipinski definition) is 0. The first kappa shape index (κ1) is 16.6. The van der Waals surface area contributed by atoms with Gasteiger partial charge in [0.1, 0.15) is 0 Å². The predicted octanol–water partition coefficient (Wildman–Crippen LogP) is 5.34. The molecule has 0 aromatic heterocycles. The van der Waals surface area contributed by atoms with Gasteiger partial charge in [-0.05, 0) is 51.4 Å². The summed E-state index contributed by atoms with van der Waals surface area (Å²) in [4.78, 5) is 0. The second kappa shape index (κ2) is 13.6. The molecule has 0 atom stereocenters. The Morgan fingerprint density at radius 3 is 0.529 bits per heavy atom. The second-order valence-electron chi connectivity index (χ2n) is 4.20. The van der Waals surface area contributed by atoms with Gasteiger partial charge in [0, 0.05) is 19.5 Å². The first-order valence-corrected chi connectivity index (χ1v) is 6.60. The molecule has 97 valence electrons. The van der Waals surface area contributed by atoms with Crippen LogP contribution in [0.2, 0.25) is 0 Å². The van der Waals surface area contributed by atoms with Crippen molar-refractivity contribution >= 4 is 0 Å². The summed E-state index contributed by atoms with van der Waals surface area (Å²) in [6.07, 6.45) is 28.0. The topological polar surface area (TPSA) is 0 Å². The van der Waals surface area contributed by atoms with Crippen molar-refractivity contribution in [1.29, 1.82) is 0 Å². The maximum Gasteiger partial charge on any atom is 0 e. The van der Waals surface area contributed by atoms with E-state index in [0.717, 1.165) is 0 Å². The van der Waals surface area contributed by atoms with E-state index < -0.39 is 0 Å². The number of allylic oxidation sites excluding steroid dienone is 8. The van der Waals surface area contributed by atoms with Gasteiger partial charge in [-0.25, -0.2) is 0 Å². The molecule has 0 heterocycles. The molecule has 0 aliphatic heterocycles. The summed E-state index contributed by atoms with van der Waals surface area (Å²) in [7, 11) is 0. The zero-order chi connectivity index (χ0) is 11.3. The van der Waals surface area contributed by atoms with E-state index in [9.17, 15) is 0 Å². The van der Waals surface area contributed by atoms with E-state index in [2.05, 4.69) is 48.6 Å². The van der Waals surface area contributed by atoms with Crippen LogP contribution < -0.4 is 0 Å². The molecule has 0 aromatic carbocycles. The minimum absolute atomic E-state index is 0. The van der Waals surface area contributed by atoms with Crippen LogP contribution in [0.5, 0.6) is 0 Å². The second-order valence-corrected chi connectivity index (χ2v) is 4.20. The van der Waals surface area contributed by atoms with Crippen molar-refractivity contribution in [2.75, 3.05) is 0 Å². The van der Waals surface area contributed by atoms with Gasteiger partial charge in [0.2, 0.25) is 0 Å². The largest absolute Gasteiger partial charge is 0.0882 e. The molecule has 0 saturated heterocycles. The van der Waals surface area contributed by atoms with Gasteiger partial charge in [-0.2, -0.15) is 0 Å². The van der Waals surface area contributed by atoms with Crippen LogP contribution in [0.15, 0.2) is 48.6 Å². The quantitative estimate of drug-likeness (QED) is 0.417. The molecule has 0 saturated carbocycles. The summed E-state index contributed by atoms with van der Waals surface area (Å²) < 4.78 is 0. The molecule has 1 heteroatoms. The Morgan fingerprint density at radius 2 is 0.412 bits per heavy atom. The molecule has 2 rings (SSSR count). The minimum Gasteiger partial charge on any atom is -0.0882 e. The molecule has 0 bridgehead atoms. The Morgan fingerprint density at radius 1 is 0.294 bits per heavy atom. The van der Waals surface area contributed by atoms with Gasteiger partial charge in [-0.3, -0.25) is 0 Å². The van der Waals surface area contributed by atoms with Crippen molar-refractivity contribution in [1.82, 2.24) is 0 Å². The Labute approximate surface area is 119 Å². The third-order valence-corrected chi connectivity index (χ3v) is 2.67. The average molecular weight is 319 g/mol. The molecule has 0 amide bonds. The van der Waals surface area contributed by atoms with Gasteiger partial charge < -0.3 is 0 Å². The van der Waals surface area contributed by atoms with Crippen molar-refractivity contribution in [3.05, 3.63) is 48.6 Å². The van der Waals surface area contributed by atoms with Gasteiger partial charge in [-0.15, -0.1) is 0 Å². The Kier molecular flexibility index (Phi) is 13.3. The average Bonchev–Trinajstić information content (AvgIpc) is 2.15. The fourth-order valence-corrected chi connectivity index (χ4v) is 1.71. The molecule has 0 aromatic rings. The van der Waals surface area contributed by atoms with Gasteiger partial charge in [0.15, 0.2) is 0 Å². The van der Waals surface area contributed by atoms with Crippen molar-refractivity contribution in [2.24, 2.45) is 0 Å². The molecule has 2 aliphatic rings. The van der Waals surface area contributed by atoms with E-state index in [1.54, 1.807) is 0 Å². The van der Waals surface area contributed by atoms with Crippen LogP contribution in [-0.4, -0.2) is 0 Å². The zero-order valence-electron chi connectivity index (χ0n) is 10.6. The molecule has 2 aliphatic carbocycles. The first-order valence-electron chi connectivity index (χ1n) is 6.60. The Hall–Kier alpha value is -0.417. The Bertz CT molecular complexity index is 179. The van der Waals surface area contributed by atoms with Gasteiger partial charge >= 0.3 is 0 Å². The Balaban J connectivity index is 0.000000284. The first-order chi connectivity index (χ1) is 8.00. The van der Waals surface area contributed by atoms with Crippen molar-refractivity contribution in [2.45, 2.75) is 51.4 Å². The van der Waals surface area contributed by atoms with Crippen LogP contribution in [0.25, 0.3) is 0 Å². The molecule has 17 heavy (non-hydrogen) atoms. The van der Waals surface area contributed by atoms with Crippen LogP contribution in [-0.2, 0) is 19.5 Å². The van der Waals surface area contributed by atoms with E-state index in [0.29, 0.717) is 0 Å². The molecule has 0 nitrogen and oxygen atoms in total. The number of rotatable bonds is 0. The summed E-state index contributed by atoms with van der Waals surface area (Å²) >= 11 is 0. The molecule has 0 spiro atoms. The smallest absolute Gasteiger partial charge is 0 e. The summed E-state index contributed by atoms with van der Waals surface area (Å²) in [5, 5.41) is 0. The molecule has 0 unspecified atom stereocenters.